The molecule has 0 unspecified atom stereocenters. The van der Waals surface area contributed by atoms with Crippen LogP contribution in [0.3, 0.4) is 0 Å². The van der Waals surface area contributed by atoms with Gasteiger partial charge >= 0.3 is 0 Å². The third-order valence-electron chi connectivity index (χ3n) is 4.66. The van der Waals surface area contributed by atoms with Crippen LogP contribution in [0.4, 0.5) is 17.2 Å². The number of aromatic amines is 1. The second-order valence-electron chi connectivity index (χ2n) is 6.36. The summed E-state index contributed by atoms with van der Waals surface area (Å²) in [4.78, 5) is 11.4. The Balaban J connectivity index is 1.65. The average molecular weight is 361 g/mol. The number of aromatic nitrogens is 5. The summed E-state index contributed by atoms with van der Waals surface area (Å²) in [6.45, 7) is 3.09. The molecule has 27 heavy (non-hydrogen) atoms. The van der Waals surface area contributed by atoms with E-state index in [1.54, 1.807) is 12.4 Å². The molecule has 1 aliphatic heterocycles. The minimum absolute atomic E-state index is 0.715. The molecule has 0 aliphatic carbocycles. The van der Waals surface area contributed by atoms with Gasteiger partial charge in [-0.15, -0.1) is 0 Å². The van der Waals surface area contributed by atoms with E-state index in [-0.39, 0.29) is 0 Å². The number of anilines is 3. The molecule has 1 fully saturated rings. The molecule has 4 aromatic heterocycles. The zero-order chi connectivity index (χ0) is 18.1. The van der Waals surface area contributed by atoms with Gasteiger partial charge in [-0.2, -0.15) is 5.10 Å². The highest BCUT2D eigenvalue weighted by atomic mass is 16.5. The van der Waals surface area contributed by atoms with Crippen LogP contribution in [0.1, 0.15) is 0 Å². The number of ether oxygens (including phenoxy) is 1. The molecule has 8 heteroatoms. The fourth-order valence-electron chi connectivity index (χ4n) is 3.32. The third kappa shape index (κ3) is 3.00. The molecule has 0 aromatic carbocycles. The first kappa shape index (κ1) is 15.8. The molecule has 0 atom stereocenters. The number of fused-ring (bicyclic) bond motifs is 1. The van der Waals surface area contributed by atoms with Gasteiger partial charge in [0, 0.05) is 43.0 Å². The van der Waals surface area contributed by atoms with Crippen molar-refractivity contribution < 1.29 is 4.74 Å². The number of hydrogen-bond acceptors (Lipinski definition) is 6. The lowest BCUT2D eigenvalue weighted by atomic mass is 10.2. The molecule has 0 saturated carbocycles. The number of nitrogens with one attached hydrogen (secondary N) is 2. The summed E-state index contributed by atoms with van der Waals surface area (Å²) in [7, 11) is 0. The number of H-pyrrole nitrogens is 1. The largest absolute Gasteiger partial charge is 0.378 e. The first-order valence-corrected chi connectivity index (χ1v) is 8.90. The van der Waals surface area contributed by atoms with Crippen molar-refractivity contribution in [3.05, 3.63) is 55.1 Å². The van der Waals surface area contributed by atoms with E-state index in [4.69, 9.17) is 9.72 Å². The lowest BCUT2D eigenvalue weighted by molar-refractivity contribution is 0.122. The van der Waals surface area contributed by atoms with Crippen LogP contribution in [0.25, 0.3) is 16.9 Å². The van der Waals surface area contributed by atoms with Crippen molar-refractivity contribution in [1.82, 2.24) is 24.7 Å². The van der Waals surface area contributed by atoms with Crippen molar-refractivity contribution in [2.24, 2.45) is 0 Å². The first-order valence-electron chi connectivity index (χ1n) is 8.90. The van der Waals surface area contributed by atoms with Gasteiger partial charge in [-0.1, -0.05) is 0 Å². The van der Waals surface area contributed by atoms with E-state index in [0.717, 1.165) is 47.1 Å². The van der Waals surface area contributed by atoms with Crippen LogP contribution >= 0.6 is 0 Å². The Hall–Kier alpha value is -3.39. The topological polar surface area (TPSA) is 83.9 Å². The number of pyridine rings is 2. The lowest BCUT2D eigenvalue weighted by Gasteiger charge is -2.28. The van der Waals surface area contributed by atoms with Crippen molar-refractivity contribution >= 4 is 28.2 Å². The van der Waals surface area contributed by atoms with E-state index in [1.807, 2.05) is 35.2 Å². The van der Waals surface area contributed by atoms with Crippen LogP contribution in [0.15, 0.2) is 55.1 Å². The molecule has 1 aliphatic rings. The summed E-state index contributed by atoms with van der Waals surface area (Å²) in [6, 6.07) is 10.00. The van der Waals surface area contributed by atoms with Gasteiger partial charge in [-0.3, -0.25) is 14.6 Å². The van der Waals surface area contributed by atoms with Gasteiger partial charge in [0.05, 0.1) is 37.0 Å². The quantitative estimate of drug-likeness (QED) is 0.581. The maximum Gasteiger partial charge on any atom is 0.150 e. The Morgan fingerprint density at radius 1 is 1.11 bits per heavy atom. The third-order valence-corrected chi connectivity index (χ3v) is 4.66. The summed E-state index contributed by atoms with van der Waals surface area (Å²) in [6.07, 6.45) is 7.32. The van der Waals surface area contributed by atoms with Gasteiger partial charge in [-0.25, -0.2) is 4.98 Å². The first-order chi connectivity index (χ1) is 13.4. The molecule has 136 valence electrons. The summed E-state index contributed by atoms with van der Waals surface area (Å²) in [5, 5.41) is 11.6. The van der Waals surface area contributed by atoms with E-state index >= 15 is 0 Å². The lowest BCUT2D eigenvalue weighted by Crippen LogP contribution is -2.36. The van der Waals surface area contributed by atoms with Crippen molar-refractivity contribution in [2.75, 3.05) is 36.5 Å². The minimum atomic E-state index is 0.715. The second kappa shape index (κ2) is 6.73. The van der Waals surface area contributed by atoms with Crippen molar-refractivity contribution in [3.63, 3.8) is 0 Å². The van der Waals surface area contributed by atoms with E-state index in [1.165, 1.54) is 0 Å². The number of rotatable bonds is 4. The zero-order valence-corrected chi connectivity index (χ0v) is 14.7. The highest BCUT2D eigenvalue weighted by Gasteiger charge is 2.17. The Labute approximate surface area is 155 Å². The Morgan fingerprint density at radius 2 is 2.04 bits per heavy atom. The van der Waals surface area contributed by atoms with Crippen molar-refractivity contribution in [3.8, 4) is 5.82 Å². The summed E-state index contributed by atoms with van der Waals surface area (Å²) in [5.41, 5.74) is 2.80. The fraction of sp³-hybridized carbons (Fsp3) is 0.211. The normalized spacial score (nSPS) is 14.6. The van der Waals surface area contributed by atoms with Gasteiger partial charge in [0.1, 0.15) is 17.3 Å². The highest BCUT2D eigenvalue weighted by molar-refractivity contribution is 5.94. The minimum Gasteiger partial charge on any atom is -0.378 e. The monoisotopic (exact) mass is 361 g/mol. The predicted molar refractivity (Wildman–Crippen MR) is 104 cm³/mol. The summed E-state index contributed by atoms with van der Waals surface area (Å²) >= 11 is 0. The van der Waals surface area contributed by atoms with Crippen molar-refractivity contribution in [2.45, 2.75) is 0 Å². The molecule has 5 heterocycles. The van der Waals surface area contributed by atoms with E-state index in [0.29, 0.717) is 13.2 Å². The Kier molecular flexibility index (Phi) is 3.95. The maximum absolute atomic E-state index is 5.49. The molecule has 0 spiro atoms. The van der Waals surface area contributed by atoms with E-state index in [9.17, 15) is 0 Å². The van der Waals surface area contributed by atoms with Gasteiger partial charge in [0.2, 0.25) is 0 Å². The van der Waals surface area contributed by atoms with Gasteiger partial charge < -0.3 is 15.0 Å². The fourth-order valence-corrected chi connectivity index (χ4v) is 3.32. The highest BCUT2D eigenvalue weighted by Crippen LogP contribution is 2.31. The summed E-state index contributed by atoms with van der Waals surface area (Å²) < 4.78 is 7.50. The molecule has 4 aromatic rings. The van der Waals surface area contributed by atoms with Crippen LogP contribution in [0, 0.1) is 0 Å². The molecule has 0 amide bonds. The number of hydrogen-bond donors (Lipinski definition) is 2. The van der Waals surface area contributed by atoms with Crippen LogP contribution in [0.5, 0.6) is 0 Å². The summed E-state index contributed by atoms with van der Waals surface area (Å²) in [5.74, 6) is 1.81. The maximum atomic E-state index is 5.49. The van der Waals surface area contributed by atoms with Gasteiger partial charge in [-0.05, 0) is 18.2 Å². The van der Waals surface area contributed by atoms with E-state index in [2.05, 4.69) is 37.5 Å². The Bertz CT molecular complexity index is 1040. The number of nitrogens with zero attached hydrogens (tertiary/aromatic N) is 5. The SMILES string of the molecule is c1cncc(Nc2cc(N3CCOCC3)nc3c2ccn3-c2ccn[nH]2)c1. The molecule has 0 radical (unpaired) electrons. The molecular formula is C19H19N7O. The molecule has 8 nitrogen and oxygen atoms in total. The van der Waals surface area contributed by atoms with Gasteiger partial charge in [0.15, 0.2) is 0 Å². The average Bonchev–Trinajstić information content (AvgIpc) is 3.39. The van der Waals surface area contributed by atoms with Crippen LogP contribution in [0.2, 0.25) is 0 Å². The standard InChI is InChI=1S/C19H19N7O/c1-2-14(13-20-5-1)22-16-12-18(25-8-10-27-11-9-25)23-19-15(16)4-7-26(19)17-3-6-21-24-17/h1-7,12-13H,8-11H2,(H,21,24)(H,22,23). The van der Waals surface area contributed by atoms with Crippen LogP contribution in [-0.2, 0) is 4.74 Å². The molecule has 1 saturated heterocycles. The smallest absolute Gasteiger partial charge is 0.150 e. The van der Waals surface area contributed by atoms with Gasteiger partial charge in [0.25, 0.3) is 0 Å². The predicted octanol–water partition coefficient (Wildman–Crippen LogP) is 2.72. The number of morpholine rings is 1. The molecular weight excluding hydrogens is 342 g/mol. The van der Waals surface area contributed by atoms with Crippen molar-refractivity contribution in [1.29, 1.82) is 0 Å². The second-order valence-corrected chi connectivity index (χ2v) is 6.36. The van der Waals surface area contributed by atoms with Crippen LogP contribution in [-0.4, -0.2) is 51.0 Å². The molecule has 2 N–H and O–H groups in total. The zero-order valence-electron chi connectivity index (χ0n) is 14.7. The Morgan fingerprint density at radius 3 is 2.81 bits per heavy atom. The van der Waals surface area contributed by atoms with Crippen LogP contribution < -0.4 is 10.2 Å². The molecule has 0 bridgehead atoms. The molecule has 5 rings (SSSR count). The van der Waals surface area contributed by atoms with E-state index < -0.39 is 0 Å².